The molecule has 1 aliphatic heterocycles. The largest absolute Gasteiger partial charge is 0.495 e. The number of rotatable bonds is 8. The molecule has 2 amide bonds. The number of amides is 2. The molecule has 2 N–H and O–H groups in total. The van der Waals surface area contributed by atoms with Crippen LogP contribution >= 0.6 is 11.6 Å². The second kappa shape index (κ2) is 11.3. The summed E-state index contributed by atoms with van der Waals surface area (Å²) in [5.41, 5.74) is 0.527. The van der Waals surface area contributed by atoms with Crippen molar-refractivity contribution in [3.05, 3.63) is 52.8 Å². The smallest absolute Gasteiger partial charge is 0.258 e. The second-order valence-corrected chi connectivity index (χ2v) is 7.88. The van der Waals surface area contributed by atoms with Gasteiger partial charge >= 0.3 is 0 Å². The average Bonchev–Trinajstić information content (AvgIpc) is 2.78. The third kappa shape index (κ3) is 6.41. The van der Waals surface area contributed by atoms with Crippen molar-refractivity contribution in [2.75, 3.05) is 31.0 Å². The van der Waals surface area contributed by atoms with Crippen LogP contribution in [0, 0.1) is 5.82 Å². The number of ether oxygens (including phenoxy) is 3. The van der Waals surface area contributed by atoms with E-state index in [1.165, 1.54) is 25.3 Å². The topological polar surface area (TPSA) is 85.9 Å². The Labute approximate surface area is 191 Å². The number of anilines is 2. The summed E-state index contributed by atoms with van der Waals surface area (Å²) in [6, 6.07) is 8.52. The quantitative estimate of drug-likeness (QED) is 0.593. The van der Waals surface area contributed by atoms with E-state index in [0.29, 0.717) is 18.0 Å². The lowest BCUT2D eigenvalue weighted by atomic mass is 10.1. The molecule has 2 aromatic carbocycles. The molecule has 2 unspecified atom stereocenters. The van der Waals surface area contributed by atoms with E-state index in [1.807, 2.05) is 0 Å². The first-order valence-corrected chi connectivity index (χ1v) is 10.7. The summed E-state index contributed by atoms with van der Waals surface area (Å²) in [5.74, 6) is -1.41. The van der Waals surface area contributed by atoms with E-state index < -0.39 is 17.8 Å². The van der Waals surface area contributed by atoms with Crippen LogP contribution in [0.1, 0.15) is 36.5 Å². The number of hydrogen-bond donors (Lipinski definition) is 2. The minimum absolute atomic E-state index is 0.00932. The standard InChI is InChI=1S/C23H26ClFN2O5/c1-14(32-13-17-5-3-4-10-31-17)22(28)26-16-7-9-21(30-2)20(12-16)27-23(29)18-8-6-15(24)11-19(18)25/h6-9,11-12,14,17H,3-5,10,13H2,1-2H3,(H,26,28)(H,27,29). The third-order valence-corrected chi connectivity index (χ3v) is 5.30. The predicted molar refractivity (Wildman–Crippen MR) is 120 cm³/mol. The number of nitrogens with one attached hydrogen (secondary N) is 2. The number of carbonyl (C=O) groups excluding carboxylic acids is 2. The van der Waals surface area contributed by atoms with Crippen LogP contribution in [0.15, 0.2) is 36.4 Å². The van der Waals surface area contributed by atoms with E-state index in [4.69, 9.17) is 25.8 Å². The highest BCUT2D eigenvalue weighted by Gasteiger charge is 2.20. The molecule has 0 radical (unpaired) electrons. The normalized spacial score (nSPS) is 16.8. The van der Waals surface area contributed by atoms with Crippen LogP contribution in [-0.4, -0.2) is 44.3 Å². The van der Waals surface area contributed by atoms with Gasteiger partial charge in [0.15, 0.2) is 0 Å². The van der Waals surface area contributed by atoms with Gasteiger partial charge in [0.2, 0.25) is 0 Å². The molecule has 32 heavy (non-hydrogen) atoms. The third-order valence-electron chi connectivity index (χ3n) is 5.07. The van der Waals surface area contributed by atoms with Crippen molar-refractivity contribution in [3.63, 3.8) is 0 Å². The summed E-state index contributed by atoms with van der Waals surface area (Å²) in [6.07, 6.45) is 2.38. The Morgan fingerprint density at radius 1 is 1.22 bits per heavy atom. The van der Waals surface area contributed by atoms with Crippen LogP contribution in [0.25, 0.3) is 0 Å². The predicted octanol–water partition coefficient (Wildman–Crippen LogP) is 4.65. The van der Waals surface area contributed by atoms with Crippen LogP contribution in [-0.2, 0) is 14.3 Å². The summed E-state index contributed by atoms with van der Waals surface area (Å²) in [5, 5.41) is 5.54. The molecule has 0 bridgehead atoms. The van der Waals surface area contributed by atoms with Crippen molar-refractivity contribution in [2.45, 2.75) is 38.4 Å². The van der Waals surface area contributed by atoms with Gasteiger partial charge in [0.05, 0.1) is 31.1 Å². The number of benzene rings is 2. The van der Waals surface area contributed by atoms with E-state index in [1.54, 1.807) is 19.1 Å². The summed E-state index contributed by atoms with van der Waals surface area (Å²) >= 11 is 5.74. The molecule has 9 heteroatoms. The maximum Gasteiger partial charge on any atom is 0.258 e. The molecule has 2 atom stereocenters. The lowest BCUT2D eigenvalue weighted by molar-refractivity contribution is -0.130. The lowest BCUT2D eigenvalue weighted by Gasteiger charge is -2.24. The fourth-order valence-electron chi connectivity index (χ4n) is 3.26. The van der Waals surface area contributed by atoms with E-state index in [-0.39, 0.29) is 28.3 Å². The Balaban J connectivity index is 1.64. The van der Waals surface area contributed by atoms with Gasteiger partial charge in [-0.3, -0.25) is 9.59 Å². The average molecular weight is 465 g/mol. The van der Waals surface area contributed by atoms with Crippen LogP contribution in [0.2, 0.25) is 5.02 Å². The highest BCUT2D eigenvalue weighted by atomic mass is 35.5. The van der Waals surface area contributed by atoms with Gasteiger partial charge < -0.3 is 24.8 Å². The van der Waals surface area contributed by atoms with Gasteiger partial charge in [-0.2, -0.15) is 0 Å². The molecular formula is C23H26ClFN2O5. The van der Waals surface area contributed by atoms with E-state index in [0.717, 1.165) is 31.9 Å². The summed E-state index contributed by atoms with van der Waals surface area (Å²) in [6.45, 7) is 2.73. The number of carbonyl (C=O) groups is 2. The monoisotopic (exact) mass is 464 g/mol. The van der Waals surface area contributed by atoms with Gasteiger partial charge in [0.25, 0.3) is 11.8 Å². The zero-order chi connectivity index (χ0) is 23.1. The van der Waals surface area contributed by atoms with Crippen molar-refractivity contribution < 1.29 is 28.2 Å². The molecular weight excluding hydrogens is 439 g/mol. The molecule has 0 saturated carbocycles. The van der Waals surface area contributed by atoms with Crippen molar-refractivity contribution >= 4 is 34.8 Å². The zero-order valence-corrected chi connectivity index (χ0v) is 18.7. The van der Waals surface area contributed by atoms with Crippen LogP contribution in [0.4, 0.5) is 15.8 Å². The molecule has 0 aliphatic carbocycles. The fraction of sp³-hybridized carbons (Fsp3) is 0.391. The lowest BCUT2D eigenvalue weighted by Crippen LogP contribution is -2.32. The summed E-state index contributed by atoms with van der Waals surface area (Å²) < 4.78 is 30.6. The SMILES string of the molecule is COc1ccc(NC(=O)C(C)OCC2CCCCO2)cc1NC(=O)c1ccc(Cl)cc1F. The highest BCUT2D eigenvalue weighted by Crippen LogP contribution is 2.29. The van der Waals surface area contributed by atoms with E-state index >= 15 is 0 Å². The van der Waals surface area contributed by atoms with Gasteiger partial charge in [-0.25, -0.2) is 4.39 Å². The first-order chi connectivity index (χ1) is 15.4. The van der Waals surface area contributed by atoms with Gasteiger partial charge in [0.1, 0.15) is 17.7 Å². The molecule has 1 aliphatic rings. The van der Waals surface area contributed by atoms with Crippen molar-refractivity contribution in [1.29, 1.82) is 0 Å². The molecule has 3 rings (SSSR count). The fourth-order valence-corrected chi connectivity index (χ4v) is 3.42. The Morgan fingerprint density at radius 2 is 2.03 bits per heavy atom. The second-order valence-electron chi connectivity index (χ2n) is 7.45. The molecule has 172 valence electrons. The number of methoxy groups -OCH3 is 1. The van der Waals surface area contributed by atoms with Crippen LogP contribution in [0.3, 0.4) is 0 Å². The number of hydrogen-bond acceptors (Lipinski definition) is 5. The van der Waals surface area contributed by atoms with Crippen molar-refractivity contribution in [2.24, 2.45) is 0 Å². The number of halogens is 2. The van der Waals surface area contributed by atoms with E-state index in [2.05, 4.69) is 10.6 Å². The molecule has 7 nitrogen and oxygen atoms in total. The van der Waals surface area contributed by atoms with Crippen LogP contribution < -0.4 is 15.4 Å². The minimum atomic E-state index is -0.744. The molecule has 0 aromatic heterocycles. The molecule has 1 fully saturated rings. The van der Waals surface area contributed by atoms with Crippen LogP contribution in [0.5, 0.6) is 5.75 Å². The Hall–Kier alpha value is -2.68. The minimum Gasteiger partial charge on any atom is -0.495 e. The van der Waals surface area contributed by atoms with Crippen molar-refractivity contribution in [1.82, 2.24) is 0 Å². The molecule has 0 spiro atoms. The van der Waals surface area contributed by atoms with Gasteiger partial charge in [-0.1, -0.05) is 11.6 Å². The van der Waals surface area contributed by atoms with E-state index in [9.17, 15) is 14.0 Å². The summed E-state index contributed by atoms with van der Waals surface area (Å²) in [7, 11) is 1.44. The highest BCUT2D eigenvalue weighted by molar-refractivity contribution is 6.30. The molecule has 1 heterocycles. The maximum atomic E-state index is 14.1. The Kier molecular flexibility index (Phi) is 8.44. The van der Waals surface area contributed by atoms with Gasteiger partial charge in [0, 0.05) is 17.3 Å². The molecule has 1 saturated heterocycles. The van der Waals surface area contributed by atoms with Gasteiger partial charge in [-0.15, -0.1) is 0 Å². The first kappa shape index (κ1) is 24.0. The Morgan fingerprint density at radius 3 is 2.72 bits per heavy atom. The first-order valence-electron chi connectivity index (χ1n) is 10.4. The zero-order valence-electron chi connectivity index (χ0n) is 18.0. The summed E-state index contributed by atoms with van der Waals surface area (Å²) in [4.78, 5) is 25.0. The van der Waals surface area contributed by atoms with Gasteiger partial charge in [-0.05, 0) is 62.6 Å². The Bertz CT molecular complexity index is 965. The maximum absolute atomic E-state index is 14.1. The molecule has 2 aromatic rings. The van der Waals surface area contributed by atoms with Crippen molar-refractivity contribution in [3.8, 4) is 5.75 Å².